The molecule has 2 N–H and O–H groups in total. The molecular weight excluding hydrogens is 272 g/mol. The Morgan fingerprint density at radius 2 is 2.00 bits per heavy atom. The summed E-state index contributed by atoms with van der Waals surface area (Å²) in [6.07, 6.45) is 2.62. The molecule has 1 saturated heterocycles. The van der Waals surface area contributed by atoms with Gasteiger partial charge in [0.2, 0.25) is 0 Å². The lowest BCUT2D eigenvalue weighted by Gasteiger charge is -2.37. The third kappa shape index (κ3) is 3.11. The van der Waals surface area contributed by atoms with Crippen LogP contribution in [0.5, 0.6) is 5.75 Å². The molecule has 2 aromatic carbocycles. The SMILES string of the molecule is COc1ccc2cc(C(CN)N3CCCC(C)C3)ccc2c1. The number of rotatable bonds is 4. The van der Waals surface area contributed by atoms with Gasteiger partial charge in [-0.05, 0) is 59.8 Å². The first-order chi connectivity index (χ1) is 10.7. The third-order valence-corrected chi connectivity index (χ3v) is 4.81. The van der Waals surface area contributed by atoms with Gasteiger partial charge in [0.25, 0.3) is 0 Å². The van der Waals surface area contributed by atoms with Gasteiger partial charge < -0.3 is 10.5 Å². The van der Waals surface area contributed by atoms with Gasteiger partial charge >= 0.3 is 0 Å². The Kier molecular flexibility index (Phi) is 4.65. The zero-order chi connectivity index (χ0) is 15.5. The molecule has 2 aromatic rings. The van der Waals surface area contributed by atoms with E-state index in [1.165, 1.54) is 29.2 Å². The topological polar surface area (TPSA) is 38.5 Å². The number of likely N-dealkylation sites (tertiary alicyclic amines) is 1. The van der Waals surface area contributed by atoms with Crippen LogP contribution in [0.3, 0.4) is 0 Å². The molecule has 1 aliphatic heterocycles. The van der Waals surface area contributed by atoms with Crippen molar-refractivity contribution < 1.29 is 4.74 Å². The largest absolute Gasteiger partial charge is 0.497 e. The van der Waals surface area contributed by atoms with Crippen LogP contribution >= 0.6 is 0 Å². The van der Waals surface area contributed by atoms with E-state index in [1.54, 1.807) is 7.11 Å². The van der Waals surface area contributed by atoms with Crippen LogP contribution in [-0.4, -0.2) is 31.6 Å². The van der Waals surface area contributed by atoms with Crippen LogP contribution in [0.4, 0.5) is 0 Å². The fourth-order valence-electron chi connectivity index (χ4n) is 3.58. The first-order valence-electron chi connectivity index (χ1n) is 8.23. The molecule has 0 radical (unpaired) electrons. The summed E-state index contributed by atoms with van der Waals surface area (Å²) in [6, 6.07) is 13.2. The van der Waals surface area contributed by atoms with Crippen molar-refractivity contribution in [3.63, 3.8) is 0 Å². The molecule has 1 fully saturated rings. The summed E-state index contributed by atoms with van der Waals surface area (Å²) < 4.78 is 5.30. The normalized spacial score (nSPS) is 21.0. The zero-order valence-corrected chi connectivity index (χ0v) is 13.6. The molecule has 0 saturated carbocycles. The minimum Gasteiger partial charge on any atom is -0.497 e. The van der Waals surface area contributed by atoms with Crippen LogP contribution in [0.25, 0.3) is 10.8 Å². The van der Waals surface area contributed by atoms with E-state index >= 15 is 0 Å². The van der Waals surface area contributed by atoms with E-state index in [0.717, 1.165) is 24.8 Å². The summed E-state index contributed by atoms with van der Waals surface area (Å²) in [5, 5.41) is 2.47. The maximum Gasteiger partial charge on any atom is 0.119 e. The van der Waals surface area contributed by atoms with Gasteiger partial charge in [-0.15, -0.1) is 0 Å². The lowest BCUT2D eigenvalue weighted by Crippen LogP contribution is -2.40. The molecule has 0 bridgehead atoms. The van der Waals surface area contributed by atoms with E-state index in [1.807, 2.05) is 6.07 Å². The molecule has 3 heteroatoms. The summed E-state index contributed by atoms with van der Waals surface area (Å²) in [5.74, 6) is 1.67. The number of fused-ring (bicyclic) bond motifs is 1. The second-order valence-corrected chi connectivity index (χ2v) is 6.47. The number of methoxy groups -OCH3 is 1. The molecule has 2 unspecified atom stereocenters. The highest BCUT2D eigenvalue weighted by molar-refractivity contribution is 5.84. The van der Waals surface area contributed by atoms with Gasteiger partial charge in [-0.2, -0.15) is 0 Å². The molecule has 2 atom stereocenters. The van der Waals surface area contributed by atoms with Crippen LogP contribution in [-0.2, 0) is 0 Å². The van der Waals surface area contributed by atoms with E-state index in [4.69, 9.17) is 10.5 Å². The summed E-state index contributed by atoms with van der Waals surface area (Å²) in [4.78, 5) is 2.55. The van der Waals surface area contributed by atoms with Crippen LogP contribution in [0, 0.1) is 5.92 Å². The molecule has 22 heavy (non-hydrogen) atoms. The van der Waals surface area contributed by atoms with E-state index in [2.05, 4.69) is 42.2 Å². The minimum atomic E-state index is 0.328. The van der Waals surface area contributed by atoms with Gasteiger partial charge in [-0.1, -0.05) is 25.1 Å². The molecule has 0 spiro atoms. The van der Waals surface area contributed by atoms with Gasteiger partial charge in [0, 0.05) is 19.1 Å². The maximum absolute atomic E-state index is 6.11. The summed E-state index contributed by atoms with van der Waals surface area (Å²) in [6.45, 7) is 5.33. The molecular formula is C19H26N2O. The van der Waals surface area contributed by atoms with Crippen molar-refractivity contribution in [2.75, 3.05) is 26.7 Å². The van der Waals surface area contributed by atoms with Gasteiger partial charge in [0.15, 0.2) is 0 Å². The number of nitrogens with two attached hydrogens (primary N) is 1. The van der Waals surface area contributed by atoms with Crippen LogP contribution in [0.15, 0.2) is 36.4 Å². The van der Waals surface area contributed by atoms with Crippen molar-refractivity contribution in [2.24, 2.45) is 11.7 Å². The van der Waals surface area contributed by atoms with Crippen molar-refractivity contribution in [1.29, 1.82) is 0 Å². The van der Waals surface area contributed by atoms with Crippen LogP contribution < -0.4 is 10.5 Å². The first-order valence-corrected chi connectivity index (χ1v) is 8.23. The Balaban J connectivity index is 1.90. The fourth-order valence-corrected chi connectivity index (χ4v) is 3.58. The molecule has 3 nitrogen and oxygen atoms in total. The van der Waals surface area contributed by atoms with Gasteiger partial charge in [-0.3, -0.25) is 4.90 Å². The second-order valence-electron chi connectivity index (χ2n) is 6.47. The summed E-state index contributed by atoms with van der Waals surface area (Å²) >= 11 is 0. The number of ether oxygens (including phenoxy) is 1. The first kappa shape index (κ1) is 15.3. The fraction of sp³-hybridized carbons (Fsp3) is 0.474. The number of piperidine rings is 1. The maximum atomic E-state index is 6.11. The Bertz CT molecular complexity index is 640. The van der Waals surface area contributed by atoms with Crippen molar-refractivity contribution in [2.45, 2.75) is 25.8 Å². The average Bonchev–Trinajstić information content (AvgIpc) is 2.55. The molecule has 3 rings (SSSR count). The van der Waals surface area contributed by atoms with E-state index in [0.29, 0.717) is 12.6 Å². The summed E-state index contributed by atoms with van der Waals surface area (Å²) in [7, 11) is 1.71. The molecule has 0 aliphatic carbocycles. The van der Waals surface area contributed by atoms with Crippen molar-refractivity contribution >= 4 is 10.8 Å². The average molecular weight is 298 g/mol. The van der Waals surface area contributed by atoms with Crippen LogP contribution in [0.1, 0.15) is 31.4 Å². The van der Waals surface area contributed by atoms with Gasteiger partial charge in [0.1, 0.15) is 5.75 Å². The van der Waals surface area contributed by atoms with Crippen molar-refractivity contribution in [3.05, 3.63) is 42.0 Å². The zero-order valence-electron chi connectivity index (χ0n) is 13.6. The highest BCUT2D eigenvalue weighted by atomic mass is 16.5. The standard InChI is InChI=1S/C19H26N2O/c1-14-4-3-9-21(13-14)19(12-20)17-6-5-16-11-18(22-2)8-7-15(16)10-17/h5-8,10-11,14,19H,3-4,9,12-13,20H2,1-2H3. The number of benzene rings is 2. The minimum absolute atomic E-state index is 0.328. The van der Waals surface area contributed by atoms with Crippen molar-refractivity contribution in [1.82, 2.24) is 4.90 Å². The second kappa shape index (κ2) is 6.67. The Hall–Kier alpha value is -1.58. The highest BCUT2D eigenvalue weighted by Gasteiger charge is 2.24. The third-order valence-electron chi connectivity index (χ3n) is 4.81. The van der Waals surface area contributed by atoms with E-state index in [9.17, 15) is 0 Å². The van der Waals surface area contributed by atoms with E-state index < -0.39 is 0 Å². The van der Waals surface area contributed by atoms with Crippen LogP contribution in [0.2, 0.25) is 0 Å². The predicted octanol–water partition coefficient (Wildman–Crippen LogP) is 3.58. The van der Waals surface area contributed by atoms with Crippen molar-refractivity contribution in [3.8, 4) is 5.75 Å². The number of nitrogens with zero attached hydrogens (tertiary/aromatic N) is 1. The number of hydrogen-bond acceptors (Lipinski definition) is 3. The summed E-state index contributed by atoms with van der Waals surface area (Å²) in [5.41, 5.74) is 7.44. The highest BCUT2D eigenvalue weighted by Crippen LogP contribution is 2.29. The molecule has 1 aliphatic rings. The Morgan fingerprint density at radius 1 is 1.23 bits per heavy atom. The monoisotopic (exact) mass is 298 g/mol. The van der Waals surface area contributed by atoms with Gasteiger partial charge in [-0.25, -0.2) is 0 Å². The quantitative estimate of drug-likeness (QED) is 0.937. The molecule has 1 heterocycles. The molecule has 0 aromatic heterocycles. The molecule has 0 amide bonds. The lowest BCUT2D eigenvalue weighted by atomic mass is 9.95. The van der Waals surface area contributed by atoms with Gasteiger partial charge in [0.05, 0.1) is 7.11 Å². The Morgan fingerprint density at radius 3 is 2.73 bits per heavy atom. The smallest absolute Gasteiger partial charge is 0.119 e. The lowest BCUT2D eigenvalue weighted by molar-refractivity contribution is 0.133. The predicted molar refractivity (Wildman–Crippen MR) is 92.3 cm³/mol. The molecule has 118 valence electrons. The van der Waals surface area contributed by atoms with E-state index in [-0.39, 0.29) is 0 Å². The number of hydrogen-bond donors (Lipinski definition) is 1. The Labute approximate surface area is 133 Å².